The highest BCUT2D eigenvalue weighted by molar-refractivity contribution is 6.05. The van der Waals surface area contributed by atoms with Crippen molar-refractivity contribution in [3.8, 4) is 11.1 Å². The maximum Gasteiger partial charge on any atom is 0.339 e. The van der Waals surface area contributed by atoms with Crippen molar-refractivity contribution in [1.29, 1.82) is 0 Å². The Labute approximate surface area is 253 Å². The molecule has 4 aromatic rings. The molecule has 228 valence electrons. The van der Waals surface area contributed by atoms with Gasteiger partial charge in [-0.05, 0) is 89.1 Å². The third-order valence-corrected chi connectivity index (χ3v) is 9.89. The molecule has 43 heavy (non-hydrogen) atoms. The van der Waals surface area contributed by atoms with E-state index in [0.29, 0.717) is 42.7 Å². The summed E-state index contributed by atoms with van der Waals surface area (Å²) in [5.74, 6) is 1.40. The lowest BCUT2D eigenvalue weighted by Gasteiger charge is -2.45. The zero-order valence-corrected chi connectivity index (χ0v) is 26.0. The molecule has 2 saturated heterocycles. The van der Waals surface area contributed by atoms with E-state index < -0.39 is 0 Å². The monoisotopic (exact) mass is 584 g/mol. The van der Waals surface area contributed by atoms with Gasteiger partial charge in [-0.3, -0.25) is 4.79 Å². The lowest BCUT2D eigenvalue weighted by atomic mass is 9.83. The summed E-state index contributed by atoms with van der Waals surface area (Å²) in [5, 5.41) is 1.89. The van der Waals surface area contributed by atoms with Crippen LogP contribution < -0.4 is 5.63 Å². The zero-order valence-electron chi connectivity index (χ0n) is 26.0. The molecular weight excluding hydrogens is 540 g/mol. The molecule has 0 N–H and O–H groups in total. The van der Waals surface area contributed by atoms with Gasteiger partial charge in [0.25, 0.3) is 0 Å². The van der Waals surface area contributed by atoms with E-state index in [1.165, 1.54) is 38.8 Å². The third-order valence-electron chi connectivity index (χ3n) is 9.89. The van der Waals surface area contributed by atoms with Crippen LogP contribution in [0.3, 0.4) is 0 Å². The Morgan fingerprint density at radius 1 is 0.977 bits per heavy atom. The van der Waals surface area contributed by atoms with Crippen LogP contribution in [0, 0.1) is 26.7 Å². The predicted octanol–water partition coefficient (Wildman–Crippen LogP) is 6.80. The van der Waals surface area contributed by atoms with Crippen molar-refractivity contribution >= 4 is 27.8 Å². The number of nitrogens with zero attached hydrogens (tertiary/aromatic N) is 2. The van der Waals surface area contributed by atoms with Crippen LogP contribution in [0.1, 0.15) is 61.0 Å². The van der Waals surface area contributed by atoms with Crippen molar-refractivity contribution in [1.82, 2.24) is 9.80 Å². The fourth-order valence-electron chi connectivity index (χ4n) is 7.61. The van der Waals surface area contributed by atoms with Crippen molar-refractivity contribution in [3.05, 3.63) is 69.3 Å². The first-order valence-corrected chi connectivity index (χ1v) is 15.9. The number of hydrogen-bond acceptors (Lipinski definition) is 6. The van der Waals surface area contributed by atoms with Gasteiger partial charge in [0.2, 0.25) is 5.91 Å². The Balaban J connectivity index is 1.27. The molecule has 2 atom stereocenters. The molecule has 0 bridgehead atoms. The van der Waals surface area contributed by atoms with Crippen LogP contribution in [0.2, 0.25) is 0 Å². The average Bonchev–Trinajstić information content (AvgIpc) is 3.36. The smallest absolute Gasteiger partial charge is 0.339 e. The molecular formula is C36H44N2O5. The van der Waals surface area contributed by atoms with Gasteiger partial charge in [0.15, 0.2) is 0 Å². The van der Waals surface area contributed by atoms with Crippen LogP contribution in [-0.4, -0.2) is 61.6 Å². The summed E-state index contributed by atoms with van der Waals surface area (Å²) in [6.45, 7) is 10.1. The number of methoxy groups -OCH3 is 1. The van der Waals surface area contributed by atoms with Crippen LogP contribution >= 0.6 is 0 Å². The van der Waals surface area contributed by atoms with Crippen molar-refractivity contribution in [3.63, 3.8) is 0 Å². The summed E-state index contributed by atoms with van der Waals surface area (Å²) in [4.78, 5) is 31.6. The van der Waals surface area contributed by atoms with Crippen molar-refractivity contribution in [2.75, 3.05) is 39.9 Å². The molecule has 2 aromatic heterocycles. The Hall–Kier alpha value is -3.42. The van der Waals surface area contributed by atoms with Crippen molar-refractivity contribution < 1.29 is 18.4 Å². The minimum Gasteiger partial charge on any atom is -0.460 e. The lowest BCUT2D eigenvalue weighted by Crippen LogP contribution is -2.52. The third kappa shape index (κ3) is 5.77. The molecule has 7 heteroatoms. The molecule has 2 fully saturated rings. The van der Waals surface area contributed by atoms with E-state index in [2.05, 4.69) is 23.1 Å². The number of benzene rings is 2. The van der Waals surface area contributed by atoms with Gasteiger partial charge in [-0.25, -0.2) is 4.79 Å². The largest absolute Gasteiger partial charge is 0.460 e. The van der Waals surface area contributed by atoms with E-state index >= 15 is 0 Å². The fourth-order valence-corrected chi connectivity index (χ4v) is 7.61. The quantitative estimate of drug-likeness (QED) is 0.201. The number of carbonyl (C=O) groups excluding carboxylic acids is 1. The molecule has 2 unspecified atom stereocenters. The highest BCUT2D eigenvalue weighted by atomic mass is 16.5. The first-order chi connectivity index (χ1) is 20.9. The number of fused-ring (bicyclic) bond motifs is 3. The SMILES string of the molecule is COCCN(CC1CCCN2CCCCC12)C(=O)CCc1c(C)c2cc3c(-c4ccccc4)c(C)oc3c(C)c2oc1=O. The van der Waals surface area contributed by atoms with E-state index in [1.54, 1.807) is 7.11 Å². The summed E-state index contributed by atoms with van der Waals surface area (Å²) in [6.07, 6.45) is 6.75. The number of hydrogen-bond donors (Lipinski definition) is 0. The van der Waals surface area contributed by atoms with Crippen LogP contribution in [0.15, 0.2) is 50.0 Å². The van der Waals surface area contributed by atoms with Gasteiger partial charge in [0, 0.05) is 60.1 Å². The number of amides is 1. The molecule has 0 saturated carbocycles. The normalized spacial score (nSPS) is 19.2. The molecule has 2 aliphatic rings. The summed E-state index contributed by atoms with van der Waals surface area (Å²) in [5.41, 5.74) is 5.31. The van der Waals surface area contributed by atoms with Crippen LogP contribution in [0.25, 0.3) is 33.1 Å². The second kappa shape index (κ2) is 12.7. The van der Waals surface area contributed by atoms with E-state index in [4.69, 9.17) is 13.6 Å². The number of rotatable bonds is 9. The van der Waals surface area contributed by atoms with Crippen LogP contribution in [0.5, 0.6) is 0 Å². The van der Waals surface area contributed by atoms with Crippen LogP contribution in [0.4, 0.5) is 0 Å². The number of ether oxygens (including phenoxy) is 1. The Morgan fingerprint density at radius 2 is 1.74 bits per heavy atom. The summed E-state index contributed by atoms with van der Waals surface area (Å²) >= 11 is 0. The molecule has 2 aromatic carbocycles. The summed E-state index contributed by atoms with van der Waals surface area (Å²) in [7, 11) is 1.68. The number of carbonyl (C=O) groups is 1. The van der Waals surface area contributed by atoms with Gasteiger partial charge in [-0.1, -0.05) is 36.8 Å². The number of furan rings is 1. The first-order valence-electron chi connectivity index (χ1n) is 15.9. The minimum atomic E-state index is -0.375. The molecule has 1 amide bonds. The van der Waals surface area contributed by atoms with E-state index in [1.807, 2.05) is 43.9 Å². The van der Waals surface area contributed by atoms with Gasteiger partial charge in [0.1, 0.15) is 16.9 Å². The van der Waals surface area contributed by atoms with Crippen molar-refractivity contribution in [2.24, 2.45) is 5.92 Å². The molecule has 0 aliphatic carbocycles. The molecule has 0 radical (unpaired) electrons. The van der Waals surface area contributed by atoms with Gasteiger partial charge < -0.3 is 23.4 Å². The van der Waals surface area contributed by atoms with Gasteiger partial charge in [-0.2, -0.15) is 0 Å². The molecule has 0 spiro atoms. The van der Waals surface area contributed by atoms with Gasteiger partial charge in [0.05, 0.1) is 6.61 Å². The Kier molecular flexibility index (Phi) is 8.73. The van der Waals surface area contributed by atoms with Crippen LogP contribution in [-0.2, 0) is 16.0 Å². The van der Waals surface area contributed by atoms with Gasteiger partial charge >= 0.3 is 5.63 Å². The maximum atomic E-state index is 13.7. The predicted molar refractivity (Wildman–Crippen MR) is 171 cm³/mol. The molecule has 7 nitrogen and oxygen atoms in total. The van der Waals surface area contributed by atoms with Gasteiger partial charge in [-0.15, -0.1) is 0 Å². The number of piperidine rings is 2. The standard InChI is InChI=1S/C36H44N2O5/c1-23-28(15-16-32(39)38(19-20-41-4)22-27-13-10-18-37-17-9-8-14-31(27)37)36(40)43-34-24(2)35-30(21-29(23)34)33(25(3)42-35)26-11-6-5-7-12-26/h5-7,11-12,21,27,31H,8-10,13-20,22H2,1-4H3. The maximum absolute atomic E-state index is 13.7. The molecule has 4 heterocycles. The lowest BCUT2D eigenvalue weighted by molar-refractivity contribution is -0.133. The highest BCUT2D eigenvalue weighted by Gasteiger charge is 2.34. The van der Waals surface area contributed by atoms with E-state index in [-0.39, 0.29) is 18.0 Å². The minimum absolute atomic E-state index is 0.0762. The molecule has 6 rings (SSSR count). The van der Waals surface area contributed by atoms with Crippen molar-refractivity contribution in [2.45, 2.75) is 71.8 Å². The molecule has 2 aliphatic heterocycles. The second-order valence-electron chi connectivity index (χ2n) is 12.5. The average molecular weight is 585 g/mol. The second-order valence-corrected chi connectivity index (χ2v) is 12.5. The summed E-state index contributed by atoms with van der Waals surface area (Å²) < 4.78 is 17.5. The number of aryl methyl sites for hydroxylation is 3. The Morgan fingerprint density at radius 3 is 2.53 bits per heavy atom. The fraction of sp³-hybridized carbons (Fsp3) is 0.500. The first kappa shape index (κ1) is 29.6. The Bertz CT molecular complexity index is 1670. The summed E-state index contributed by atoms with van der Waals surface area (Å²) in [6, 6.07) is 12.9. The van der Waals surface area contributed by atoms with E-state index in [0.717, 1.165) is 57.3 Å². The highest BCUT2D eigenvalue weighted by Crippen LogP contribution is 2.40. The van der Waals surface area contributed by atoms with E-state index in [9.17, 15) is 9.59 Å². The topological polar surface area (TPSA) is 76.1 Å². The zero-order chi connectivity index (χ0) is 30.1.